The lowest BCUT2D eigenvalue weighted by Gasteiger charge is -2.27. The summed E-state index contributed by atoms with van der Waals surface area (Å²) in [5.74, 6) is 0.198. The molecule has 0 spiro atoms. The van der Waals surface area contributed by atoms with Crippen molar-refractivity contribution in [3.63, 3.8) is 0 Å². The molecule has 0 unspecified atom stereocenters. The van der Waals surface area contributed by atoms with Gasteiger partial charge in [-0.3, -0.25) is 4.98 Å². The minimum absolute atomic E-state index is 0.198. The average Bonchev–Trinajstić information content (AvgIpc) is 2.97. The van der Waals surface area contributed by atoms with E-state index in [0.29, 0.717) is 28.2 Å². The van der Waals surface area contributed by atoms with Gasteiger partial charge >= 0.3 is 0 Å². The van der Waals surface area contributed by atoms with Crippen LogP contribution in [-0.4, -0.2) is 19.6 Å². The second-order valence-corrected chi connectivity index (χ2v) is 6.98. The van der Waals surface area contributed by atoms with E-state index in [1.807, 2.05) is 35.0 Å². The summed E-state index contributed by atoms with van der Waals surface area (Å²) in [7, 11) is 0. The molecule has 3 heterocycles. The number of rotatable bonds is 2. The Balaban J connectivity index is 1.77. The van der Waals surface area contributed by atoms with Gasteiger partial charge in [-0.15, -0.1) is 0 Å². The number of fused-ring (bicyclic) bond motifs is 2. The van der Waals surface area contributed by atoms with Crippen LogP contribution in [0.1, 0.15) is 30.9 Å². The van der Waals surface area contributed by atoms with Gasteiger partial charge in [0.2, 0.25) is 5.88 Å². The number of nitriles is 1. The van der Waals surface area contributed by atoms with Crippen LogP contribution in [0.4, 0.5) is 5.69 Å². The van der Waals surface area contributed by atoms with E-state index in [1.165, 1.54) is 6.42 Å². The normalized spacial score (nSPS) is 14.3. The van der Waals surface area contributed by atoms with Crippen LogP contribution in [0.2, 0.25) is 0 Å². The van der Waals surface area contributed by atoms with Gasteiger partial charge in [-0.2, -0.15) is 5.26 Å². The van der Waals surface area contributed by atoms with Crippen molar-refractivity contribution in [1.29, 1.82) is 5.26 Å². The highest BCUT2D eigenvalue weighted by atomic mass is 16.3. The highest BCUT2D eigenvalue weighted by molar-refractivity contribution is 6.12. The van der Waals surface area contributed by atoms with Crippen LogP contribution < -0.4 is 5.73 Å². The fraction of sp³-hybridized carbons (Fsp3) is 0.190. The van der Waals surface area contributed by atoms with E-state index in [2.05, 4.69) is 11.1 Å². The zero-order valence-electron chi connectivity index (χ0n) is 14.6. The first-order valence-electron chi connectivity index (χ1n) is 8.95. The first-order chi connectivity index (χ1) is 13.2. The maximum atomic E-state index is 10.7. The van der Waals surface area contributed by atoms with E-state index in [9.17, 15) is 5.11 Å². The van der Waals surface area contributed by atoms with Crippen molar-refractivity contribution in [1.82, 2.24) is 14.5 Å². The predicted molar refractivity (Wildman–Crippen MR) is 104 cm³/mol. The maximum absolute atomic E-state index is 10.7. The Kier molecular flexibility index (Phi) is 3.31. The minimum atomic E-state index is 0.198. The van der Waals surface area contributed by atoms with E-state index in [4.69, 9.17) is 16.0 Å². The van der Waals surface area contributed by atoms with Gasteiger partial charge in [0.05, 0.1) is 33.4 Å². The van der Waals surface area contributed by atoms with Crippen molar-refractivity contribution in [2.75, 3.05) is 5.73 Å². The van der Waals surface area contributed by atoms with Crippen LogP contribution in [0.5, 0.6) is 5.88 Å². The zero-order chi connectivity index (χ0) is 18.5. The Morgan fingerprint density at radius 3 is 2.74 bits per heavy atom. The maximum Gasteiger partial charge on any atom is 0.203 e. The molecule has 1 aromatic carbocycles. The van der Waals surface area contributed by atoms with Crippen LogP contribution in [-0.2, 0) is 0 Å². The van der Waals surface area contributed by atoms with Crippen molar-refractivity contribution in [2.24, 2.45) is 0 Å². The first kappa shape index (κ1) is 15.6. The van der Waals surface area contributed by atoms with Crippen molar-refractivity contribution in [3.8, 4) is 23.2 Å². The number of hydrogen-bond acceptors (Lipinski definition) is 5. The molecular formula is C21H17N5O. The van der Waals surface area contributed by atoms with Gasteiger partial charge in [0.25, 0.3) is 0 Å². The monoisotopic (exact) mass is 355 g/mol. The number of aromatic hydroxyl groups is 1. The Morgan fingerprint density at radius 1 is 1.22 bits per heavy atom. The number of pyridine rings is 2. The van der Waals surface area contributed by atoms with Crippen LogP contribution in [0.25, 0.3) is 33.1 Å². The van der Waals surface area contributed by atoms with E-state index in [0.717, 1.165) is 35.0 Å². The van der Waals surface area contributed by atoms with Crippen molar-refractivity contribution < 1.29 is 5.11 Å². The van der Waals surface area contributed by atoms with Gasteiger partial charge in [-0.25, -0.2) is 4.98 Å². The third-order valence-electron chi connectivity index (χ3n) is 5.45. The number of nitrogens with two attached hydrogens (primary N) is 1. The summed E-state index contributed by atoms with van der Waals surface area (Å²) in [5, 5.41) is 21.1. The fourth-order valence-corrected chi connectivity index (χ4v) is 3.75. The average molecular weight is 355 g/mol. The molecule has 3 N–H and O–H groups in total. The number of nitrogen functional groups attached to an aromatic ring is 1. The molecule has 0 atom stereocenters. The van der Waals surface area contributed by atoms with E-state index >= 15 is 0 Å². The lowest BCUT2D eigenvalue weighted by Crippen LogP contribution is -2.15. The number of hydrogen-bond donors (Lipinski definition) is 2. The lowest BCUT2D eigenvalue weighted by molar-refractivity contribution is 0.283. The largest absolute Gasteiger partial charge is 0.494 e. The molecule has 1 aliphatic carbocycles. The molecule has 6 nitrogen and oxygen atoms in total. The number of aromatic nitrogens is 3. The molecule has 0 bridgehead atoms. The third-order valence-corrected chi connectivity index (χ3v) is 5.45. The van der Waals surface area contributed by atoms with Crippen molar-refractivity contribution in [3.05, 3.63) is 48.3 Å². The van der Waals surface area contributed by atoms with Gasteiger partial charge < -0.3 is 15.4 Å². The quantitative estimate of drug-likeness (QED) is 0.563. The van der Waals surface area contributed by atoms with Gasteiger partial charge in [-0.1, -0.05) is 18.2 Å². The Hall–Kier alpha value is -3.59. The summed E-state index contributed by atoms with van der Waals surface area (Å²) < 4.78 is 1.90. The lowest BCUT2D eigenvalue weighted by atomic mass is 9.93. The van der Waals surface area contributed by atoms with Crippen LogP contribution >= 0.6 is 0 Å². The summed E-state index contributed by atoms with van der Waals surface area (Å²) in [6.45, 7) is 0. The Morgan fingerprint density at radius 2 is 2.07 bits per heavy atom. The van der Waals surface area contributed by atoms with Gasteiger partial charge in [0.1, 0.15) is 6.07 Å². The zero-order valence-corrected chi connectivity index (χ0v) is 14.6. The molecule has 1 saturated carbocycles. The van der Waals surface area contributed by atoms with Crippen molar-refractivity contribution in [2.45, 2.75) is 25.3 Å². The summed E-state index contributed by atoms with van der Waals surface area (Å²) >= 11 is 0. The number of anilines is 1. The predicted octanol–water partition coefficient (Wildman–Crippen LogP) is 4.14. The standard InChI is InChI=1S/C21H17N5O/c22-9-12-7-8-16(24-10-12)14-5-2-6-15-19(23)18-17(25-20(14)15)11-26(21(18)27)13-3-1-4-13/h2,5-8,10-11,13,27H,1,3-4,23H2. The second kappa shape index (κ2) is 5.71. The smallest absolute Gasteiger partial charge is 0.203 e. The van der Waals surface area contributed by atoms with Gasteiger partial charge in [0, 0.05) is 29.4 Å². The second-order valence-electron chi connectivity index (χ2n) is 6.98. The molecule has 0 aliphatic heterocycles. The molecule has 4 aromatic rings. The highest BCUT2D eigenvalue weighted by Gasteiger charge is 2.25. The fourth-order valence-electron chi connectivity index (χ4n) is 3.75. The van der Waals surface area contributed by atoms with Crippen LogP contribution in [0.15, 0.2) is 42.7 Å². The Labute approximate surface area is 155 Å². The number of nitrogens with zero attached hydrogens (tertiary/aromatic N) is 4. The van der Waals surface area contributed by atoms with E-state index in [-0.39, 0.29) is 5.88 Å². The third kappa shape index (κ3) is 2.25. The molecule has 132 valence electrons. The van der Waals surface area contributed by atoms with Crippen LogP contribution in [0.3, 0.4) is 0 Å². The van der Waals surface area contributed by atoms with Crippen LogP contribution in [0, 0.1) is 11.3 Å². The summed E-state index contributed by atoms with van der Waals surface area (Å²) in [5.41, 5.74) is 10.5. The van der Waals surface area contributed by atoms with Gasteiger partial charge in [-0.05, 0) is 31.4 Å². The first-order valence-corrected chi connectivity index (χ1v) is 8.95. The van der Waals surface area contributed by atoms with Gasteiger partial charge in [0.15, 0.2) is 0 Å². The molecule has 5 rings (SSSR count). The molecule has 27 heavy (non-hydrogen) atoms. The SMILES string of the molecule is N#Cc1ccc(-c2cccc3c(N)c4c(O)n(C5CCC5)cc4nc23)nc1. The number of benzene rings is 1. The molecule has 3 aromatic heterocycles. The molecule has 1 fully saturated rings. The molecule has 0 radical (unpaired) electrons. The number of para-hydroxylation sites is 1. The summed E-state index contributed by atoms with van der Waals surface area (Å²) in [6.07, 6.45) is 6.75. The molecule has 6 heteroatoms. The molecule has 0 amide bonds. The minimum Gasteiger partial charge on any atom is -0.494 e. The van der Waals surface area contributed by atoms with E-state index < -0.39 is 0 Å². The van der Waals surface area contributed by atoms with Crippen molar-refractivity contribution >= 4 is 27.5 Å². The molecule has 1 aliphatic rings. The Bertz CT molecular complexity index is 1230. The summed E-state index contributed by atoms with van der Waals surface area (Å²) in [6, 6.07) is 11.7. The molecular weight excluding hydrogens is 338 g/mol. The highest BCUT2D eigenvalue weighted by Crippen LogP contribution is 2.43. The molecule has 0 saturated heterocycles. The summed E-state index contributed by atoms with van der Waals surface area (Å²) in [4.78, 5) is 9.21. The van der Waals surface area contributed by atoms with E-state index in [1.54, 1.807) is 12.3 Å². The topological polar surface area (TPSA) is 101 Å².